The fourth-order valence-corrected chi connectivity index (χ4v) is 2.78. The van der Waals surface area contributed by atoms with E-state index in [0.717, 1.165) is 29.1 Å². The number of hydrogen-bond donors (Lipinski definition) is 1. The maximum atomic E-state index is 12.1. The Morgan fingerprint density at radius 2 is 1.96 bits per heavy atom. The molecule has 0 aliphatic rings. The van der Waals surface area contributed by atoms with Gasteiger partial charge in [0.2, 0.25) is 5.91 Å². The highest BCUT2D eigenvalue weighted by Gasteiger charge is 2.12. The lowest BCUT2D eigenvalue weighted by atomic mass is 10.2. The van der Waals surface area contributed by atoms with Gasteiger partial charge in [0.15, 0.2) is 0 Å². The third kappa shape index (κ3) is 4.45. The van der Waals surface area contributed by atoms with Gasteiger partial charge in [-0.2, -0.15) is 5.10 Å². The van der Waals surface area contributed by atoms with E-state index in [2.05, 4.69) is 27.5 Å². The first-order chi connectivity index (χ1) is 12.6. The molecule has 1 amide bonds. The van der Waals surface area contributed by atoms with Gasteiger partial charge in [0.25, 0.3) is 0 Å². The number of nitrogens with one attached hydrogen (secondary N) is 1. The maximum absolute atomic E-state index is 12.1. The van der Waals surface area contributed by atoms with E-state index in [1.54, 1.807) is 18.5 Å². The molecule has 5 heteroatoms. The molecule has 0 atom stereocenters. The Balaban J connectivity index is 1.63. The Hall–Kier alpha value is -3.21. The molecule has 2 heterocycles. The van der Waals surface area contributed by atoms with Crippen LogP contribution in [0.4, 0.5) is 0 Å². The van der Waals surface area contributed by atoms with Crippen LogP contribution in [0.2, 0.25) is 0 Å². The number of nitrogens with zero attached hydrogens (tertiary/aromatic N) is 3. The normalized spacial score (nSPS) is 11.0. The molecule has 26 heavy (non-hydrogen) atoms. The van der Waals surface area contributed by atoms with E-state index < -0.39 is 0 Å². The largest absolute Gasteiger partial charge is 0.348 e. The van der Waals surface area contributed by atoms with E-state index in [9.17, 15) is 4.79 Å². The number of carbonyl (C=O) groups is 1. The zero-order valence-corrected chi connectivity index (χ0v) is 15.0. The Labute approximate surface area is 153 Å². The van der Waals surface area contributed by atoms with Crippen molar-refractivity contribution in [1.82, 2.24) is 20.1 Å². The summed E-state index contributed by atoms with van der Waals surface area (Å²) < 4.78 is 1.98. The maximum Gasteiger partial charge on any atom is 0.244 e. The van der Waals surface area contributed by atoms with E-state index >= 15 is 0 Å². The van der Waals surface area contributed by atoms with Crippen LogP contribution in [0.25, 0.3) is 6.08 Å². The summed E-state index contributed by atoms with van der Waals surface area (Å²) in [6, 6.07) is 14.0. The van der Waals surface area contributed by atoms with Gasteiger partial charge >= 0.3 is 0 Å². The van der Waals surface area contributed by atoms with Gasteiger partial charge in [-0.1, -0.05) is 36.4 Å². The number of aryl methyl sites for hydroxylation is 1. The monoisotopic (exact) mass is 346 g/mol. The molecule has 3 aromatic rings. The summed E-state index contributed by atoms with van der Waals surface area (Å²) in [5, 5.41) is 7.54. The first kappa shape index (κ1) is 17.6. The smallest absolute Gasteiger partial charge is 0.244 e. The van der Waals surface area contributed by atoms with Crippen LogP contribution in [0.3, 0.4) is 0 Å². The van der Waals surface area contributed by atoms with E-state index in [1.165, 1.54) is 11.6 Å². The van der Waals surface area contributed by atoms with Crippen molar-refractivity contribution in [3.8, 4) is 0 Å². The number of rotatable bonds is 6. The quantitative estimate of drug-likeness (QED) is 0.697. The Morgan fingerprint density at radius 1 is 1.15 bits per heavy atom. The number of aromatic nitrogens is 3. The highest BCUT2D eigenvalue weighted by molar-refractivity contribution is 5.91. The van der Waals surface area contributed by atoms with Crippen molar-refractivity contribution in [2.75, 3.05) is 0 Å². The molecule has 0 unspecified atom stereocenters. The number of hydrogen-bond acceptors (Lipinski definition) is 3. The Morgan fingerprint density at radius 3 is 2.69 bits per heavy atom. The predicted molar refractivity (Wildman–Crippen MR) is 102 cm³/mol. The summed E-state index contributed by atoms with van der Waals surface area (Å²) in [6.45, 7) is 5.20. The average molecular weight is 346 g/mol. The van der Waals surface area contributed by atoms with E-state index in [0.29, 0.717) is 6.54 Å². The van der Waals surface area contributed by atoms with Crippen LogP contribution in [0.5, 0.6) is 0 Å². The van der Waals surface area contributed by atoms with Crippen LogP contribution in [-0.4, -0.2) is 20.7 Å². The van der Waals surface area contributed by atoms with Gasteiger partial charge in [-0.3, -0.25) is 14.5 Å². The SMILES string of the molecule is Cc1nn(Cc2ccccc2)c(C)c1CNC(=O)/C=C/c1cccnc1. The molecule has 1 N–H and O–H groups in total. The van der Waals surface area contributed by atoms with Gasteiger partial charge in [-0.15, -0.1) is 0 Å². The lowest BCUT2D eigenvalue weighted by molar-refractivity contribution is -0.116. The van der Waals surface area contributed by atoms with Crippen molar-refractivity contribution >= 4 is 12.0 Å². The molecule has 0 spiro atoms. The molecule has 2 aromatic heterocycles. The van der Waals surface area contributed by atoms with Crippen molar-refractivity contribution in [2.24, 2.45) is 0 Å². The van der Waals surface area contributed by atoms with Gasteiger partial charge in [-0.05, 0) is 37.1 Å². The number of carbonyl (C=O) groups excluding carboxylic acids is 1. The zero-order chi connectivity index (χ0) is 18.4. The molecular weight excluding hydrogens is 324 g/mol. The molecule has 0 saturated heterocycles. The lowest BCUT2D eigenvalue weighted by Gasteiger charge is -2.06. The topological polar surface area (TPSA) is 59.8 Å². The van der Waals surface area contributed by atoms with E-state index in [1.807, 2.05) is 48.9 Å². The molecule has 0 aliphatic carbocycles. The molecule has 1 aromatic carbocycles. The van der Waals surface area contributed by atoms with Crippen LogP contribution in [0, 0.1) is 13.8 Å². The third-order valence-corrected chi connectivity index (χ3v) is 4.26. The summed E-state index contributed by atoms with van der Waals surface area (Å²) in [7, 11) is 0. The van der Waals surface area contributed by atoms with Crippen LogP contribution >= 0.6 is 0 Å². The molecule has 0 radical (unpaired) electrons. The minimum absolute atomic E-state index is 0.136. The highest BCUT2D eigenvalue weighted by Crippen LogP contribution is 2.14. The molecule has 0 bridgehead atoms. The van der Waals surface area contributed by atoms with Gasteiger partial charge in [0.05, 0.1) is 12.2 Å². The second-order valence-electron chi connectivity index (χ2n) is 6.13. The lowest BCUT2D eigenvalue weighted by Crippen LogP contribution is -2.21. The molecule has 0 saturated carbocycles. The van der Waals surface area contributed by atoms with Crippen LogP contribution in [0.1, 0.15) is 28.1 Å². The summed E-state index contributed by atoms with van der Waals surface area (Å²) in [5.74, 6) is -0.136. The molecule has 132 valence electrons. The van der Waals surface area contributed by atoms with Crippen LogP contribution < -0.4 is 5.32 Å². The first-order valence-corrected chi connectivity index (χ1v) is 8.56. The fraction of sp³-hybridized carbons (Fsp3) is 0.190. The van der Waals surface area contributed by atoms with E-state index in [4.69, 9.17) is 0 Å². The number of pyridine rings is 1. The predicted octanol–water partition coefficient (Wildman–Crippen LogP) is 3.27. The van der Waals surface area contributed by atoms with Gasteiger partial charge < -0.3 is 5.32 Å². The first-order valence-electron chi connectivity index (χ1n) is 8.56. The molecule has 0 fully saturated rings. The third-order valence-electron chi connectivity index (χ3n) is 4.26. The van der Waals surface area contributed by atoms with Crippen molar-refractivity contribution in [3.63, 3.8) is 0 Å². The summed E-state index contributed by atoms with van der Waals surface area (Å²) in [4.78, 5) is 16.1. The minimum Gasteiger partial charge on any atom is -0.348 e. The van der Waals surface area contributed by atoms with Crippen molar-refractivity contribution in [1.29, 1.82) is 0 Å². The van der Waals surface area contributed by atoms with Gasteiger partial charge in [-0.25, -0.2) is 0 Å². The second-order valence-corrected chi connectivity index (χ2v) is 6.13. The van der Waals surface area contributed by atoms with Crippen molar-refractivity contribution in [2.45, 2.75) is 26.9 Å². The number of benzene rings is 1. The summed E-state index contributed by atoms with van der Waals surface area (Å²) in [5.41, 5.74) is 5.17. The van der Waals surface area contributed by atoms with Gasteiger partial charge in [0, 0.05) is 36.3 Å². The zero-order valence-electron chi connectivity index (χ0n) is 15.0. The van der Waals surface area contributed by atoms with Crippen molar-refractivity contribution < 1.29 is 4.79 Å². The fourth-order valence-electron chi connectivity index (χ4n) is 2.78. The van der Waals surface area contributed by atoms with Crippen LogP contribution in [-0.2, 0) is 17.9 Å². The Kier molecular flexibility index (Phi) is 5.59. The standard InChI is InChI=1S/C21H22N4O/c1-16-20(14-23-21(26)11-10-18-9-6-12-22-13-18)17(2)25(24-16)15-19-7-4-3-5-8-19/h3-13H,14-15H2,1-2H3,(H,23,26)/b11-10+. The minimum atomic E-state index is -0.136. The highest BCUT2D eigenvalue weighted by atomic mass is 16.1. The van der Waals surface area contributed by atoms with Gasteiger partial charge in [0.1, 0.15) is 0 Å². The second kappa shape index (κ2) is 8.25. The molecule has 5 nitrogen and oxygen atoms in total. The van der Waals surface area contributed by atoms with Crippen LogP contribution in [0.15, 0.2) is 60.9 Å². The van der Waals surface area contributed by atoms with Crippen molar-refractivity contribution in [3.05, 3.63) is 89.0 Å². The molecule has 3 rings (SSSR count). The molecular formula is C21H22N4O. The average Bonchev–Trinajstić information content (AvgIpc) is 2.93. The Bertz CT molecular complexity index is 899. The summed E-state index contributed by atoms with van der Waals surface area (Å²) in [6.07, 6.45) is 6.69. The summed E-state index contributed by atoms with van der Waals surface area (Å²) >= 11 is 0. The molecule has 0 aliphatic heterocycles. The number of amides is 1. The van der Waals surface area contributed by atoms with E-state index in [-0.39, 0.29) is 5.91 Å².